The molecule has 1 saturated heterocycles. The van der Waals surface area contributed by atoms with E-state index in [0.29, 0.717) is 23.0 Å². The van der Waals surface area contributed by atoms with Gasteiger partial charge in [0.05, 0.1) is 27.7 Å². The van der Waals surface area contributed by atoms with Crippen molar-refractivity contribution in [3.05, 3.63) is 47.9 Å². The Morgan fingerprint density at radius 3 is 2.80 bits per heavy atom. The summed E-state index contributed by atoms with van der Waals surface area (Å²) >= 11 is 6.28. The monoisotopic (exact) mass is 492 g/mol. The summed E-state index contributed by atoms with van der Waals surface area (Å²) in [5, 5.41) is 5.71. The van der Waals surface area contributed by atoms with Crippen molar-refractivity contribution in [2.45, 2.75) is 44.6 Å². The lowest BCUT2D eigenvalue weighted by atomic mass is 10.1. The summed E-state index contributed by atoms with van der Waals surface area (Å²) < 4.78 is 18.4. The highest BCUT2D eigenvalue weighted by Gasteiger charge is 2.21. The summed E-state index contributed by atoms with van der Waals surface area (Å²) in [6, 6.07) is 9.79. The maximum Gasteiger partial charge on any atom is 0.158 e. The van der Waals surface area contributed by atoms with Gasteiger partial charge >= 0.3 is 0 Å². The number of para-hydroxylation sites is 1. The average molecular weight is 493 g/mol. The van der Waals surface area contributed by atoms with Crippen LogP contribution in [0.3, 0.4) is 0 Å². The number of hydrogen-bond acceptors (Lipinski definition) is 7. The van der Waals surface area contributed by atoms with E-state index in [1.54, 1.807) is 12.6 Å². The molecule has 182 valence electrons. The van der Waals surface area contributed by atoms with E-state index in [4.69, 9.17) is 25.5 Å². The molecule has 7 nitrogen and oxygen atoms in total. The number of rotatable bonds is 8. The molecule has 6 rings (SSSR count). The first-order valence-electron chi connectivity index (χ1n) is 12.5. The van der Waals surface area contributed by atoms with E-state index in [1.807, 2.05) is 30.3 Å². The van der Waals surface area contributed by atoms with Crippen LogP contribution in [0.25, 0.3) is 21.9 Å². The molecule has 0 bridgehead atoms. The van der Waals surface area contributed by atoms with E-state index in [1.165, 1.54) is 25.7 Å². The lowest BCUT2D eigenvalue weighted by Gasteiger charge is -2.19. The van der Waals surface area contributed by atoms with Gasteiger partial charge < -0.3 is 19.2 Å². The van der Waals surface area contributed by atoms with Gasteiger partial charge in [-0.25, -0.2) is 9.97 Å². The maximum atomic E-state index is 6.52. The van der Waals surface area contributed by atoms with Crippen LogP contribution in [0.15, 0.2) is 47.3 Å². The number of nitrogens with zero attached hydrogens (tertiary/aromatic N) is 3. The summed E-state index contributed by atoms with van der Waals surface area (Å²) in [5.74, 6) is 2.18. The van der Waals surface area contributed by atoms with Crippen molar-refractivity contribution in [2.75, 3.05) is 31.6 Å². The molecule has 0 atom stereocenters. The second kappa shape index (κ2) is 9.91. The molecule has 0 spiro atoms. The third kappa shape index (κ3) is 4.75. The van der Waals surface area contributed by atoms with Gasteiger partial charge in [-0.2, -0.15) is 0 Å². The number of nitrogens with one attached hydrogen (secondary N) is 1. The van der Waals surface area contributed by atoms with Crippen molar-refractivity contribution < 1.29 is 13.9 Å². The van der Waals surface area contributed by atoms with Gasteiger partial charge in [0.2, 0.25) is 0 Å². The van der Waals surface area contributed by atoms with Gasteiger partial charge in [0, 0.05) is 24.1 Å². The standard InChI is InChI=1S/C27H29ClN4O3/c28-21-16-34-26-20(21)8-5-9-22(26)31-27-25-23(29-17-30-27)14-19(33-13-12-32-10-3-4-11-32)15-24(25)35-18-6-1-2-7-18/h5,8-9,14-18H,1-4,6-7,10-13H2,(H,29,30,31). The largest absolute Gasteiger partial charge is 0.492 e. The number of ether oxygens (including phenoxy) is 2. The van der Waals surface area contributed by atoms with Gasteiger partial charge in [0.15, 0.2) is 5.58 Å². The second-order valence-corrected chi connectivity index (χ2v) is 9.76. The van der Waals surface area contributed by atoms with Gasteiger partial charge in [-0.05, 0) is 63.7 Å². The van der Waals surface area contributed by atoms with Gasteiger partial charge in [-0.3, -0.25) is 4.90 Å². The molecule has 2 aromatic carbocycles. The number of aromatic nitrogens is 2. The number of anilines is 2. The van der Waals surface area contributed by atoms with E-state index in [0.717, 1.165) is 66.0 Å². The summed E-state index contributed by atoms with van der Waals surface area (Å²) in [5.41, 5.74) is 2.25. The molecule has 1 aliphatic carbocycles. The van der Waals surface area contributed by atoms with Gasteiger partial charge in [-0.15, -0.1) is 0 Å². The van der Waals surface area contributed by atoms with E-state index < -0.39 is 0 Å². The molecule has 1 N–H and O–H groups in total. The van der Waals surface area contributed by atoms with Gasteiger partial charge in [0.25, 0.3) is 0 Å². The van der Waals surface area contributed by atoms with Crippen molar-refractivity contribution in [1.29, 1.82) is 0 Å². The zero-order valence-corrected chi connectivity index (χ0v) is 20.4. The highest BCUT2D eigenvalue weighted by atomic mass is 35.5. The minimum Gasteiger partial charge on any atom is -0.492 e. The third-order valence-corrected chi connectivity index (χ3v) is 7.24. The first-order chi connectivity index (χ1) is 17.2. The van der Waals surface area contributed by atoms with Crippen LogP contribution in [0.1, 0.15) is 38.5 Å². The summed E-state index contributed by atoms with van der Waals surface area (Å²) in [6.45, 7) is 3.90. The fourth-order valence-electron chi connectivity index (χ4n) is 5.14. The quantitative estimate of drug-likeness (QED) is 0.298. The Bertz CT molecular complexity index is 1330. The fourth-order valence-corrected chi connectivity index (χ4v) is 5.33. The van der Waals surface area contributed by atoms with Crippen LogP contribution < -0.4 is 14.8 Å². The zero-order valence-electron chi connectivity index (χ0n) is 19.6. The Balaban J connectivity index is 1.34. The molecule has 2 fully saturated rings. The van der Waals surface area contributed by atoms with Crippen molar-refractivity contribution in [2.24, 2.45) is 0 Å². The molecular formula is C27H29ClN4O3. The Morgan fingerprint density at radius 2 is 1.94 bits per heavy atom. The lowest BCUT2D eigenvalue weighted by Crippen LogP contribution is -2.25. The van der Waals surface area contributed by atoms with Crippen LogP contribution in [-0.2, 0) is 0 Å². The highest BCUT2D eigenvalue weighted by molar-refractivity contribution is 6.35. The van der Waals surface area contributed by atoms with E-state index in [-0.39, 0.29) is 6.10 Å². The molecule has 0 radical (unpaired) electrons. The van der Waals surface area contributed by atoms with Crippen molar-refractivity contribution in [3.63, 3.8) is 0 Å². The number of likely N-dealkylation sites (tertiary alicyclic amines) is 1. The van der Waals surface area contributed by atoms with Gasteiger partial charge in [0.1, 0.15) is 36.5 Å². The molecule has 35 heavy (non-hydrogen) atoms. The predicted molar refractivity (Wildman–Crippen MR) is 138 cm³/mol. The van der Waals surface area contributed by atoms with Crippen LogP contribution in [-0.4, -0.2) is 47.2 Å². The van der Waals surface area contributed by atoms with Crippen LogP contribution in [0.5, 0.6) is 11.5 Å². The SMILES string of the molecule is Clc1coc2c(Nc3ncnc4cc(OCCN5CCCC5)cc(OC5CCCC5)c34)cccc12. The minimum atomic E-state index is 0.193. The molecular weight excluding hydrogens is 464 g/mol. The molecule has 0 unspecified atom stereocenters. The maximum absolute atomic E-state index is 6.52. The van der Waals surface area contributed by atoms with Crippen LogP contribution in [0.4, 0.5) is 11.5 Å². The molecule has 1 saturated carbocycles. The normalized spacial score (nSPS) is 16.9. The van der Waals surface area contributed by atoms with Gasteiger partial charge in [-0.1, -0.05) is 17.7 Å². The molecule has 2 aromatic heterocycles. The first-order valence-corrected chi connectivity index (χ1v) is 12.9. The van der Waals surface area contributed by atoms with E-state index >= 15 is 0 Å². The summed E-state index contributed by atoms with van der Waals surface area (Å²) in [4.78, 5) is 11.6. The third-order valence-electron chi connectivity index (χ3n) is 6.95. The number of halogens is 1. The van der Waals surface area contributed by atoms with E-state index in [9.17, 15) is 0 Å². The molecule has 3 heterocycles. The Hall–Kier alpha value is -3.03. The molecule has 8 heteroatoms. The predicted octanol–water partition coefficient (Wildman–Crippen LogP) is 6.57. The number of fused-ring (bicyclic) bond motifs is 2. The average Bonchev–Trinajstić information content (AvgIpc) is 3.63. The van der Waals surface area contributed by atoms with E-state index in [2.05, 4.69) is 20.2 Å². The Morgan fingerprint density at radius 1 is 1.09 bits per heavy atom. The summed E-state index contributed by atoms with van der Waals surface area (Å²) in [6.07, 6.45) is 10.4. The van der Waals surface area contributed by atoms with Crippen LogP contribution in [0, 0.1) is 0 Å². The molecule has 4 aromatic rings. The number of hydrogen-bond donors (Lipinski definition) is 1. The second-order valence-electron chi connectivity index (χ2n) is 9.35. The fraction of sp³-hybridized carbons (Fsp3) is 0.407. The Kier molecular flexibility index (Phi) is 6.35. The smallest absolute Gasteiger partial charge is 0.158 e. The van der Waals surface area contributed by atoms with Crippen molar-refractivity contribution >= 4 is 45.0 Å². The van der Waals surface area contributed by atoms with Crippen molar-refractivity contribution in [1.82, 2.24) is 14.9 Å². The topological polar surface area (TPSA) is 72.7 Å². The molecule has 2 aliphatic rings. The minimum absolute atomic E-state index is 0.193. The Labute approximate surface area is 209 Å². The highest BCUT2D eigenvalue weighted by Crippen LogP contribution is 2.39. The zero-order chi connectivity index (χ0) is 23.6. The van der Waals surface area contributed by atoms with Crippen molar-refractivity contribution in [3.8, 4) is 11.5 Å². The number of furan rings is 1. The summed E-state index contributed by atoms with van der Waals surface area (Å²) in [7, 11) is 0. The first kappa shape index (κ1) is 22.4. The van der Waals surface area contributed by atoms with Crippen LogP contribution >= 0.6 is 11.6 Å². The number of benzene rings is 2. The molecule has 0 amide bonds. The molecule has 1 aliphatic heterocycles. The van der Waals surface area contributed by atoms with Crippen LogP contribution in [0.2, 0.25) is 5.02 Å². The lowest BCUT2D eigenvalue weighted by molar-refractivity contribution is 0.209.